The van der Waals surface area contributed by atoms with Gasteiger partial charge in [-0.05, 0) is 24.1 Å². The molecule has 1 heterocycles. The van der Waals surface area contributed by atoms with Crippen molar-refractivity contribution in [3.05, 3.63) is 53.2 Å². The number of rotatable bonds is 3. The number of benzene rings is 1. The highest BCUT2D eigenvalue weighted by atomic mass is 19.1. The molecule has 0 saturated heterocycles. The Labute approximate surface area is 104 Å². The van der Waals surface area contributed by atoms with Crippen LogP contribution in [0.4, 0.5) is 4.39 Å². The number of aryl methyl sites for hydroxylation is 1. The highest BCUT2D eigenvalue weighted by Gasteiger charge is 2.18. The summed E-state index contributed by atoms with van der Waals surface area (Å²) in [4.78, 5) is 7.96. The van der Waals surface area contributed by atoms with Crippen LogP contribution in [0.3, 0.4) is 0 Å². The lowest BCUT2D eigenvalue weighted by Crippen LogP contribution is -2.06. The molecule has 5 heteroatoms. The Hall–Kier alpha value is -2.01. The fraction of sp³-hybridized carbons (Fsp3) is 0.231. The Morgan fingerprint density at radius 2 is 2.00 bits per heavy atom. The molecular formula is C13H13FN2O2. The summed E-state index contributed by atoms with van der Waals surface area (Å²) in [5.41, 5.74) is 1.21. The van der Waals surface area contributed by atoms with Gasteiger partial charge in [-0.2, -0.15) is 0 Å². The van der Waals surface area contributed by atoms with Crippen LogP contribution in [0.1, 0.15) is 22.9 Å². The minimum Gasteiger partial charge on any atom is -0.480 e. The summed E-state index contributed by atoms with van der Waals surface area (Å²) in [5.74, 6) is -0.139. The molecule has 1 atom stereocenters. The van der Waals surface area contributed by atoms with E-state index in [1.165, 1.54) is 25.6 Å². The van der Waals surface area contributed by atoms with Crippen molar-refractivity contribution in [2.75, 3.05) is 7.11 Å². The van der Waals surface area contributed by atoms with Crippen molar-refractivity contribution in [2.45, 2.75) is 13.0 Å². The fourth-order valence-electron chi connectivity index (χ4n) is 1.62. The van der Waals surface area contributed by atoms with E-state index < -0.39 is 6.10 Å². The van der Waals surface area contributed by atoms with Crippen LogP contribution in [-0.2, 0) is 0 Å². The number of hydrogen-bond acceptors (Lipinski definition) is 4. The zero-order chi connectivity index (χ0) is 13.1. The second-order valence-electron chi connectivity index (χ2n) is 3.86. The van der Waals surface area contributed by atoms with Crippen molar-refractivity contribution in [3.63, 3.8) is 0 Å². The molecule has 94 valence electrons. The van der Waals surface area contributed by atoms with Gasteiger partial charge in [-0.25, -0.2) is 9.37 Å². The largest absolute Gasteiger partial charge is 0.480 e. The van der Waals surface area contributed by atoms with Gasteiger partial charge >= 0.3 is 0 Å². The lowest BCUT2D eigenvalue weighted by atomic mass is 10.0. The molecule has 0 fully saturated rings. The highest BCUT2D eigenvalue weighted by Crippen LogP contribution is 2.26. The van der Waals surface area contributed by atoms with E-state index in [-0.39, 0.29) is 17.4 Å². The van der Waals surface area contributed by atoms with Crippen molar-refractivity contribution in [1.82, 2.24) is 9.97 Å². The van der Waals surface area contributed by atoms with E-state index in [1.54, 1.807) is 19.1 Å². The summed E-state index contributed by atoms with van der Waals surface area (Å²) in [6.07, 6.45) is 1.85. The number of aliphatic hydroxyl groups is 1. The third-order valence-corrected chi connectivity index (χ3v) is 2.66. The van der Waals surface area contributed by atoms with E-state index in [4.69, 9.17) is 4.74 Å². The first-order chi connectivity index (χ1) is 8.63. The summed E-state index contributed by atoms with van der Waals surface area (Å²) in [6, 6.07) is 4.54. The van der Waals surface area contributed by atoms with Crippen LogP contribution in [0.5, 0.6) is 5.88 Å². The lowest BCUT2D eigenvalue weighted by molar-refractivity contribution is 0.207. The van der Waals surface area contributed by atoms with Gasteiger partial charge < -0.3 is 9.84 Å². The molecule has 0 aliphatic carbocycles. The average Bonchev–Trinajstić information content (AvgIpc) is 2.41. The van der Waals surface area contributed by atoms with E-state index in [0.29, 0.717) is 11.1 Å². The van der Waals surface area contributed by atoms with Crippen LogP contribution in [0.2, 0.25) is 0 Å². The Balaban J connectivity index is 2.41. The molecule has 2 rings (SSSR count). The maximum Gasteiger partial charge on any atom is 0.238 e. The highest BCUT2D eigenvalue weighted by molar-refractivity contribution is 5.33. The van der Waals surface area contributed by atoms with Gasteiger partial charge in [0.15, 0.2) is 0 Å². The molecule has 0 aliphatic rings. The van der Waals surface area contributed by atoms with Gasteiger partial charge in [0.05, 0.1) is 7.11 Å². The SMILES string of the molecule is COc1nccnc1C(O)c1ccc(C)c(F)c1. The van der Waals surface area contributed by atoms with Gasteiger partial charge in [-0.1, -0.05) is 12.1 Å². The van der Waals surface area contributed by atoms with Gasteiger partial charge in [0.2, 0.25) is 5.88 Å². The molecular weight excluding hydrogens is 235 g/mol. The van der Waals surface area contributed by atoms with Crippen LogP contribution >= 0.6 is 0 Å². The average molecular weight is 248 g/mol. The molecule has 1 aromatic heterocycles. The zero-order valence-corrected chi connectivity index (χ0v) is 10.1. The summed E-state index contributed by atoms with van der Waals surface area (Å²) >= 11 is 0. The van der Waals surface area contributed by atoms with E-state index >= 15 is 0 Å². The molecule has 0 bridgehead atoms. The number of methoxy groups -OCH3 is 1. The number of ether oxygens (including phenoxy) is 1. The molecule has 0 radical (unpaired) electrons. The first kappa shape index (κ1) is 12.4. The van der Waals surface area contributed by atoms with Crippen molar-refractivity contribution >= 4 is 0 Å². The Kier molecular flexibility index (Phi) is 3.53. The lowest BCUT2D eigenvalue weighted by Gasteiger charge is -2.13. The van der Waals surface area contributed by atoms with E-state index in [2.05, 4.69) is 9.97 Å². The van der Waals surface area contributed by atoms with E-state index in [9.17, 15) is 9.50 Å². The standard InChI is InChI=1S/C13H13FN2O2/c1-8-3-4-9(7-10(8)14)12(17)11-13(18-2)16-6-5-15-11/h3-7,12,17H,1-2H3. The molecule has 0 saturated carbocycles. The Bertz CT molecular complexity index is 560. The number of aromatic nitrogens is 2. The maximum atomic E-state index is 13.5. The van der Waals surface area contributed by atoms with Crippen molar-refractivity contribution in [1.29, 1.82) is 0 Å². The van der Waals surface area contributed by atoms with Crippen molar-refractivity contribution < 1.29 is 14.2 Å². The maximum absolute atomic E-state index is 13.5. The number of hydrogen-bond donors (Lipinski definition) is 1. The first-order valence-corrected chi connectivity index (χ1v) is 5.42. The molecule has 0 spiro atoms. The van der Waals surface area contributed by atoms with Crippen LogP contribution < -0.4 is 4.74 Å². The zero-order valence-electron chi connectivity index (χ0n) is 10.1. The molecule has 1 unspecified atom stereocenters. The van der Waals surface area contributed by atoms with Gasteiger partial charge in [0, 0.05) is 12.4 Å². The van der Waals surface area contributed by atoms with Gasteiger partial charge in [-0.15, -0.1) is 0 Å². The fourth-order valence-corrected chi connectivity index (χ4v) is 1.62. The van der Waals surface area contributed by atoms with Crippen LogP contribution in [0.25, 0.3) is 0 Å². The smallest absolute Gasteiger partial charge is 0.238 e. The molecule has 1 aromatic carbocycles. The third-order valence-electron chi connectivity index (χ3n) is 2.66. The van der Waals surface area contributed by atoms with E-state index in [1.807, 2.05) is 0 Å². The first-order valence-electron chi connectivity index (χ1n) is 5.42. The molecule has 0 aliphatic heterocycles. The number of aliphatic hydroxyl groups excluding tert-OH is 1. The molecule has 4 nitrogen and oxygen atoms in total. The number of halogens is 1. The second kappa shape index (κ2) is 5.10. The van der Waals surface area contributed by atoms with Crippen molar-refractivity contribution in [2.24, 2.45) is 0 Å². The minimum absolute atomic E-state index is 0.228. The second-order valence-corrected chi connectivity index (χ2v) is 3.86. The Morgan fingerprint density at radius 1 is 1.28 bits per heavy atom. The molecule has 1 N–H and O–H groups in total. The summed E-state index contributed by atoms with van der Waals surface area (Å²) in [7, 11) is 1.44. The predicted molar refractivity (Wildman–Crippen MR) is 63.8 cm³/mol. The predicted octanol–water partition coefficient (Wildman–Crippen LogP) is 2.01. The third kappa shape index (κ3) is 2.31. The van der Waals surface area contributed by atoms with Crippen LogP contribution in [-0.4, -0.2) is 22.2 Å². The number of nitrogens with zero attached hydrogens (tertiary/aromatic N) is 2. The molecule has 18 heavy (non-hydrogen) atoms. The van der Waals surface area contributed by atoms with Crippen LogP contribution in [0, 0.1) is 12.7 Å². The summed E-state index contributed by atoms with van der Waals surface area (Å²) in [5, 5.41) is 10.2. The van der Waals surface area contributed by atoms with Gasteiger partial charge in [0.25, 0.3) is 0 Å². The molecule has 2 aromatic rings. The monoisotopic (exact) mass is 248 g/mol. The normalized spacial score (nSPS) is 12.2. The van der Waals surface area contributed by atoms with Gasteiger partial charge in [-0.3, -0.25) is 4.98 Å². The summed E-state index contributed by atoms with van der Waals surface area (Å²) in [6.45, 7) is 1.66. The Morgan fingerprint density at radius 3 is 2.67 bits per heavy atom. The van der Waals surface area contributed by atoms with E-state index in [0.717, 1.165) is 0 Å². The quantitative estimate of drug-likeness (QED) is 0.902. The van der Waals surface area contributed by atoms with Crippen molar-refractivity contribution in [3.8, 4) is 5.88 Å². The molecule has 0 amide bonds. The topological polar surface area (TPSA) is 55.2 Å². The van der Waals surface area contributed by atoms with Crippen LogP contribution in [0.15, 0.2) is 30.6 Å². The minimum atomic E-state index is -1.07. The van der Waals surface area contributed by atoms with Gasteiger partial charge in [0.1, 0.15) is 17.6 Å². The summed E-state index contributed by atoms with van der Waals surface area (Å²) < 4.78 is 18.5.